The maximum absolute atomic E-state index is 11.2. The summed E-state index contributed by atoms with van der Waals surface area (Å²) in [5.74, 6) is -0.813. The van der Waals surface area contributed by atoms with Gasteiger partial charge in [0.1, 0.15) is 5.69 Å². The van der Waals surface area contributed by atoms with Crippen LogP contribution in [0.2, 0.25) is 5.02 Å². The van der Waals surface area contributed by atoms with Crippen LogP contribution in [0.4, 0.5) is 0 Å². The number of rotatable bonds is 2. The second-order valence-electron chi connectivity index (χ2n) is 2.60. The van der Waals surface area contributed by atoms with Gasteiger partial charge >= 0.3 is 5.97 Å². The highest BCUT2D eigenvalue weighted by Gasteiger charge is 2.13. The largest absolute Gasteiger partial charge is 0.465 e. The number of hydrogen-bond acceptors (Lipinski definition) is 4. The van der Waals surface area contributed by atoms with Gasteiger partial charge in [-0.3, -0.25) is 9.78 Å². The Morgan fingerprint density at radius 2 is 2.14 bits per heavy atom. The predicted molar refractivity (Wildman–Crippen MR) is 50.6 cm³/mol. The van der Waals surface area contributed by atoms with Crippen molar-refractivity contribution in [2.24, 2.45) is 0 Å². The molecule has 0 aliphatic heterocycles. The first-order valence-corrected chi connectivity index (χ1v) is 4.19. The Morgan fingerprint density at radius 3 is 2.64 bits per heavy atom. The molecule has 0 amide bonds. The summed E-state index contributed by atoms with van der Waals surface area (Å²) in [6.45, 7) is 1.36. The SMILES string of the molecule is COC(=O)c1cc(C(C)=O)ncc1Cl. The third kappa shape index (κ3) is 2.09. The molecule has 0 saturated heterocycles. The number of carbonyl (C=O) groups is 2. The van der Waals surface area contributed by atoms with Gasteiger partial charge in [0.25, 0.3) is 0 Å². The normalized spacial score (nSPS) is 9.64. The maximum Gasteiger partial charge on any atom is 0.339 e. The molecule has 0 radical (unpaired) electrons. The van der Waals surface area contributed by atoms with Gasteiger partial charge in [-0.15, -0.1) is 0 Å². The van der Waals surface area contributed by atoms with Gasteiger partial charge in [-0.05, 0) is 6.07 Å². The Labute approximate surface area is 85.9 Å². The lowest BCUT2D eigenvalue weighted by Gasteiger charge is -2.02. The number of halogens is 1. The fourth-order valence-electron chi connectivity index (χ4n) is 0.898. The van der Waals surface area contributed by atoms with Gasteiger partial charge in [0, 0.05) is 13.1 Å². The zero-order valence-electron chi connectivity index (χ0n) is 7.70. The molecule has 5 heteroatoms. The highest BCUT2D eigenvalue weighted by Crippen LogP contribution is 2.16. The summed E-state index contributed by atoms with van der Waals surface area (Å²) < 4.78 is 4.49. The first-order valence-electron chi connectivity index (χ1n) is 3.81. The van der Waals surface area contributed by atoms with Gasteiger partial charge in [0.05, 0.1) is 17.7 Å². The van der Waals surface area contributed by atoms with E-state index in [1.54, 1.807) is 0 Å². The molecule has 0 fully saturated rings. The van der Waals surface area contributed by atoms with Crippen LogP contribution in [0, 0.1) is 0 Å². The molecule has 1 aromatic heterocycles. The molecule has 0 saturated carbocycles. The molecule has 0 aliphatic rings. The lowest BCUT2D eigenvalue weighted by molar-refractivity contribution is 0.0601. The number of nitrogens with zero attached hydrogens (tertiary/aromatic N) is 1. The van der Waals surface area contributed by atoms with E-state index in [1.807, 2.05) is 0 Å². The van der Waals surface area contributed by atoms with Crippen molar-refractivity contribution in [3.63, 3.8) is 0 Å². The van der Waals surface area contributed by atoms with Crippen LogP contribution in [0.5, 0.6) is 0 Å². The minimum Gasteiger partial charge on any atom is -0.465 e. The molecule has 0 unspecified atom stereocenters. The van der Waals surface area contributed by atoms with Crippen molar-refractivity contribution >= 4 is 23.4 Å². The first-order chi connectivity index (χ1) is 6.56. The number of pyridine rings is 1. The van der Waals surface area contributed by atoms with Crippen LogP contribution >= 0.6 is 11.6 Å². The predicted octanol–water partition coefficient (Wildman–Crippen LogP) is 1.72. The molecular weight excluding hydrogens is 206 g/mol. The average molecular weight is 214 g/mol. The van der Waals surface area contributed by atoms with Crippen molar-refractivity contribution in [3.8, 4) is 0 Å². The number of ether oxygens (including phenoxy) is 1. The quantitative estimate of drug-likeness (QED) is 0.555. The monoisotopic (exact) mass is 213 g/mol. The number of esters is 1. The summed E-state index contributed by atoms with van der Waals surface area (Å²) in [6, 6.07) is 1.32. The standard InChI is InChI=1S/C9H8ClNO3/c1-5(12)8-3-6(9(13)14-2)7(10)4-11-8/h3-4H,1-2H3. The van der Waals surface area contributed by atoms with Crippen LogP contribution < -0.4 is 0 Å². The summed E-state index contributed by atoms with van der Waals surface area (Å²) in [5.41, 5.74) is 0.337. The molecule has 14 heavy (non-hydrogen) atoms. The number of aromatic nitrogens is 1. The van der Waals surface area contributed by atoms with Crippen molar-refractivity contribution in [2.45, 2.75) is 6.92 Å². The number of methoxy groups -OCH3 is 1. The fraction of sp³-hybridized carbons (Fsp3) is 0.222. The fourth-order valence-corrected chi connectivity index (χ4v) is 1.08. The van der Waals surface area contributed by atoms with Crippen LogP contribution in [0.1, 0.15) is 27.8 Å². The zero-order valence-corrected chi connectivity index (χ0v) is 8.46. The molecule has 0 spiro atoms. The Morgan fingerprint density at radius 1 is 1.50 bits per heavy atom. The average Bonchev–Trinajstić information content (AvgIpc) is 2.17. The molecule has 0 aromatic carbocycles. The first kappa shape index (κ1) is 10.7. The van der Waals surface area contributed by atoms with E-state index < -0.39 is 5.97 Å². The highest BCUT2D eigenvalue weighted by molar-refractivity contribution is 6.33. The molecule has 1 heterocycles. The van der Waals surface area contributed by atoms with Crippen LogP contribution in [-0.2, 0) is 4.74 Å². The van der Waals surface area contributed by atoms with Crippen molar-refractivity contribution in [3.05, 3.63) is 28.5 Å². The van der Waals surface area contributed by atoms with Gasteiger partial charge in [0.2, 0.25) is 0 Å². The van der Waals surface area contributed by atoms with E-state index >= 15 is 0 Å². The van der Waals surface area contributed by atoms with Crippen LogP contribution in [0.15, 0.2) is 12.3 Å². The second-order valence-corrected chi connectivity index (χ2v) is 3.00. The smallest absolute Gasteiger partial charge is 0.339 e. The van der Waals surface area contributed by atoms with Crippen molar-refractivity contribution in [1.29, 1.82) is 0 Å². The topological polar surface area (TPSA) is 56.3 Å². The number of hydrogen-bond donors (Lipinski definition) is 0. The molecule has 0 atom stereocenters. The third-order valence-electron chi connectivity index (χ3n) is 1.62. The minimum atomic E-state index is -0.583. The summed E-state index contributed by atoms with van der Waals surface area (Å²) in [7, 11) is 1.24. The number of ketones is 1. The number of carbonyl (C=O) groups excluding carboxylic acids is 2. The van der Waals surface area contributed by atoms with Gasteiger partial charge < -0.3 is 4.74 Å². The molecule has 1 rings (SSSR count). The lowest BCUT2D eigenvalue weighted by Crippen LogP contribution is -2.06. The van der Waals surface area contributed by atoms with Gasteiger partial charge in [-0.2, -0.15) is 0 Å². The molecule has 74 valence electrons. The Bertz CT molecular complexity index is 390. The van der Waals surface area contributed by atoms with Crippen molar-refractivity contribution in [2.75, 3.05) is 7.11 Å². The van der Waals surface area contributed by atoms with E-state index in [-0.39, 0.29) is 22.1 Å². The molecule has 4 nitrogen and oxygen atoms in total. The molecule has 0 N–H and O–H groups in total. The zero-order chi connectivity index (χ0) is 10.7. The Hall–Kier alpha value is -1.42. The molecule has 0 bridgehead atoms. The lowest BCUT2D eigenvalue weighted by atomic mass is 10.2. The summed E-state index contributed by atoms with van der Waals surface area (Å²) in [6.07, 6.45) is 1.25. The van der Waals surface area contributed by atoms with Gasteiger partial charge in [-0.1, -0.05) is 11.6 Å². The van der Waals surface area contributed by atoms with E-state index in [1.165, 1.54) is 26.3 Å². The summed E-state index contributed by atoms with van der Waals surface area (Å²) >= 11 is 5.70. The van der Waals surface area contributed by atoms with Crippen molar-refractivity contribution in [1.82, 2.24) is 4.98 Å². The summed E-state index contributed by atoms with van der Waals surface area (Å²) in [4.78, 5) is 25.9. The second kappa shape index (κ2) is 4.19. The highest BCUT2D eigenvalue weighted by atomic mass is 35.5. The maximum atomic E-state index is 11.2. The Balaban J connectivity index is 3.21. The number of Topliss-reactive ketones (excluding diaryl/α,β-unsaturated/α-hetero) is 1. The van der Waals surface area contributed by atoms with Gasteiger partial charge in [0.15, 0.2) is 5.78 Å². The van der Waals surface area contributed by atoms with E-state index in [4.69, 9.17) is 11.6 Å². The summed E-state index contributed by atoms with van der Waals surface area (Å²) in [5, 5.41) is 0.168. The van der Waals surface area contributed by atoms with Crippen LogP contribution in [0.25, 0.3) is 0 Å². The van der Waals surface area contributed by atoms with Crippen molar-refractivity contribution < 1.29 is 14.3 Å². The van der Waals surface area contributed by atoms with E-state index in [2.05, 4.69) is 9.72 Å². The molecule has 0 aliphatic carbocycles. The van der Waals surface area contributed by atoms with E-state index in [0.29, 0.717) is 0 Å². The molecular formula is C9H8ClNO3. The van der Waals surface area contributed by atoms with E-state index in [0.717, 1.165) is 0 Å². The third-order valence-corrected chi connectivity index (χ3v) is 1.92. The van der Waals surface area contributed by atoms with E-state index in [9.17, 15) is 9.59 Å². The van der Waals surface area contributed by atoms with Gasteiger partial charge in [-0.25, -0.2) is 4.79 Å². The van der Waals surface area contributed by atoms with Crippen LogP contribution in [-0.4, -0.2) is 23.8 Å². The Kier molecular flexibility index (Phi) is 3.19. The van der Waals surface area contributed by atoms with Crippen LogP contribution in [0.3, 0.4) is 0 Å². The molecule has 1 aromatic rings. The minimum absolute atomic E-state index is 0.148.